The summed E-state index contributed by atoms with van der Waals surface area (Å²) in [5.74, 6) is 0.789. The van der Waals surface area contributed by atoms with Gasteiger partial charge in [-0.25, -0.2) is 4.39 Å². The molecule has 0 fully saturated rings. The molecule has 114 valence electrons. The summed E-state index contributed by atoms with van der Waals surface area (Å²) in [6.07, 6.45) is -0.577. The van der Waals surface area contributed by atoms with Gasteiger partial charge in [-0.05, 0) is 42.1 Å². The Bertz CT molecular complexity index is 386. The van der Waals surface area contributed by atoms with E-state index in [0.717, 1.165) is 6.54 Å². The van der Waals surface area contributed by atoms with Crippen LogP contribution in [0.4, 0.5) is 4.39 Å². The van der Waals surface area contributed by atoms with Crippen molar-refractivity contribution in [2.75, 3.05) is 19.7 Å². The minimum absolute atomic E-state index is 0.197. The van der Waals surface area contributed by atoms with Gasteiger partial charge in [0.05, 0.1) is 0 Å². The second kappa shape index (κ2) is 7.60. The molecule has 0 amide bonds. The van der Waals surface area contributed by atoms with E-state index in [0.29, 0.717) is 18.2 Å². The number of nitrogens with one attached hydrogen (secondary N) is 1. The summed E-state index contributed by atoms with van der Waals surface area (Å²) in [6, 6.07) is 5.78. The molecule has 0 aliphatic carbocycles. The van der Waals surface area contributed by atoms with Crippen LogP contribution >= 0.6 is 0 Å². The van der Waals surface area contributed by atoms with Crippen molar-refractivity contribution < 1.29 is 14.2 Å². The Hall–Kier alpha value is -1.13. The van der Waals surface area contributed by atoms with Gasteiger partial charge in [0.1, 0.15) is 24.3 Å². The second-order valence-corrected chi connectivity index (χ2v) is 6.34. The molecule has 0 heterocycles. The van der Waals surface area contributed by atoms with E-state index in [1.165, 1.54) is 12.1 Å². The fourth-order valence-corrected chi connectivity index (χ4v) is 1.55. The SMILES string of the molecule is CC(CNCC(O)COc1ccc(F)cc1)C(C)(C)C. The molecule has 0 aromatic heterocycles. The Morgan fingerprint density at radius 1 is 1.20 bits per heavy atom. The fourth-order valence-electron chi connectivity index (χ4n) is 1.55. The summed E-state index contributed by atoms with van der Waals surface area (Å²) in [7, 11) is 0. The van der Waals surface area contributed by atoms with E-state index in [4.69, 9.17) is 4.74 Å². The van der Waals surface area contributed by atoms with E-state index in [-0.39, 0.29) is 17.8 Å². The molecule has 0 aliphatic heterocycles. The molecule has 1 aromatic rings. The van der Waals surface area contributed by atoms with Crippen LogP contribution in [-0.2, 0) is 0 Å². The zero-order chi connectivity index (χ0) is 15.2. The third-order valence-electron chi connectivity index (χ3n) is 3.56. The van der Waals surface area contributed by atoms with Crippen molar-refractivity contribution in [3.63, 3.8) is 0 Å². The summed E-state index contributed by atoms with van der Waals surface area (Å²) in [5.41, 5.74) is 0.253. The number of aliphatic hydroxyl groups excluding tert-OH is 1. The maximum absolute atomic E-state index is 12.7. The third-order valence-corrected chi connectivity index (χ3v) is 3.56. The van der Waals surface area contributed by atoms with Crippen LogP contribution in [0.3, 0.4) is 0 Å². The number of rotatable bonds is 7. The Morgan fingerprint density at radius 3 is 2.35 bits per heavy atom. The second-order valence-electron chi connectivity index (χ2n) is 6.34. The maximum atomic E-state index is 12.7. The zero-order valence-corrected chi connectivity index (χ0v) is 12.8. The van der Waals surface area contributed by atoms with Gasteiger partial charge in [-0.2, -0.15) is 0 Å². The Morgan fingerprint density at radius 2 is 1.80 bits per heavy atom. The highest BCUT2D eigenvalue weighted by Gasteiger charge is 2.19. The highest BCUT2D eigenvalue weighted by atomic mass is 19.1. The van der Waals surface area contributed by atoms with E-state index >= 15 is 0 Å². The minimum Gasteiger partial charge on any atom is -0.491 e. The predicted molar refractivity (Wildman–Crippen MR) is 79.4 cm³/mol. The predicted octanol–water partition coefficient (Wildman–Crippen LogP) is 2.84. The fraction of sp³-hybridized carbons (Fsp3) is 0.625. The van der Waals surface area contributed by atoms with Crippen LogP contribution in [0.25, 0.3) is 0 Å². The van der Waals surface area contributed by atoms with Crippen LogP contribution in [0, 0.1) is 17.2 Å². The number of ether oxygens (including phenoxy) is 1. The van der Waals surface area contributed by atoms with E-state index in [9.17, 15) is 9.50 Å². The quantitative estimate of drug-likeness (QED) is 0.808. The van der Waals surface area contributed by atoms with Crippen molar-refractivity contribution in [1.29, 1.82) is 0 Å². The zero-order valence-electron chi connectivity index (χ0n) is 12.8. The molecule has 1 aromatic carbocycles. The van der Waals surface area contributed by atoms with Gasteiger partial charge in [-0.15, -0.1) is 0 Å². The lowest BCUT2D eigenvalue weighted by Crippen LogP contribution is -2.36. The summed E-state index contributed by atoms with van der Waals surface area (Å²) in [5, 5.41) is 13.1. The van der Waals surface area contributed by atoms with Crippen molar-refractivity contribution in [2.45, 2.75) is 33.8 Å². The number of aliphatic hydroxyl groups is 1. The lowest BCUT2D eigenvalue weighted by Gasteiger charge is -2.27. The van der Waals surface area contributed by atoms with E-state index in [1.54, 1.807) is 12.1 Å². The first kappa shape index (κ1) is 16.9. The molecular formula is C16H26FNO2. The lowest BCUT2D eigenvalue weighted by atomic mass is 9.82. The van der Waals surface area contributed by atoms with Crippen molar-refractivity contribution in [3.05, 3.63) is 30.1 Å². The van der Waals surface area contributed by atoms with Gasteiger partial charge >= 0.3 is 0 Å². The summed E-state index contributed by atoms with van der Waals surface area (Å²) in [4.78, 5) is 0. The third kappa shape index (κ3) is 6.35. The van der Waals surface area contributed by atoms with Gasteiger partial charge in [-0.3, -0.25) is 0 Å². The molecule has 0 aliphatic rings. The van der Waals surface area contributed by atoms with Crippen LogP contribution < -0.4 is 10.1 Å². The average molecular weight is 283 g/mol. The van der Waals surface area contributed by atoms with Gasteiger partial charge in [0.2, 0.25) is 0 Å². The Labute approximate surface area is 121 Å². The van der Waals surface area contributed by atoms with Gasteiger partial charge in [0, 0.05) is 6.54 Å². The first-order valence-corrected chi connectivity index (χ1v) is 7.06. The van der Waals surface area contributed by atoms with Gasteiger partial charge < -0.3 is 15.2 Å². The highest BCUT2D eigenvalue weighted by Crippen LogP contribution is 2.24. The summed E-state index contributed by atoms with van der Waals surface area (Å²) in [6.45, 7) is 10.3. The molecule has 0 bridgehead atoms. The maximum Gasteiger partial charge on any atom is 0.123 e. The molecule has 4 heteroatoms. The van der Waals surface area contributed by atoms with Crippen LogP contribution in [0.1, 0.15) is 27.7 Å². The summed E-state index contributed by atoms with van der Waals surface area (Å²) >= 11 is 0. The van der Waals surface area contributed by atoms with Crippen molar-refractivity contribution in [2.24, 2.45) is 11.3 Å². The lowest BCUT2D eigenvalue weighted by molar-refractivity contribution is 0.103. The van der Waals surface area contributed by atoms with Gasteiger partial charge in [-0.1, -0.05) is 27.7 Å². The molecule has 0 saturated carbocycles. The van der Waals surface area contributed by atoms with Crippen molar-refractivity contribution in [1.82, 2.24) is 5.32 Å². The molecule has 2 N–H and O–H groups in total. The molecule has 0 spiro atoms. The number of benzene rings is 1. The van der Waals surface area contributed by atoms with E-state index in [2.05, 4.69) is 33.0 Å². The molecule has 2 unspecified atom stereocenters. The first-order valence-electron chi connectivity index (χ1n) is 7.06. The van der Waals surface area contributed by atoms with Crippen LogP contribution in [0.5, 0.6) is 5.75 Å². The molecule has 0 saturated heterocycles. The number of hydrogen-bond acceptors (Lipinski definition) is 3. The standard InChI is InChI=1S/C16H26FNO2/c1-12(16(2,3)4)9-18-10-14(19)11-20-15-7-5-13(17)6-8-15/h5-8,12,14,18-19H,9-11H2,1-4H3. The number of hydrogen-bond donors (Lipinski definition) is 2. The molecule has 0 radical (unpaired) electrons. The monoisotopic (exact) mass is 283 g/mol. The van der Waals surface area contributed by atoms with Crippen molar-refractivity contribution >= 4 is 0 Å². The molecule has 20 heavy (non-hydrogen) atoms. The Kier molecular flexibility index (Phi) is 6.43. The molecule has 1 rings (SSSR count). The van der Waals surface area contributed by atoms with E-state index < -0.39 is 6.10 Å². The molecule has 3 nitrogen and oxygen atoms in total. The minimum atomic E-state index is -0.577. The topological polar surface area (TPSA) is 41.5 Å². The van der Waals surface area contributed by atoms with Gasteiger partial charge in [0.25, 0.3) is 0 Å². The van der Waals surface area contributed by atoms with E-state index in [1.807, 2.05) is 0 Å². The molecule has 2 atom stereocenters. The van der Waals surface area contributed by atoms with Crippen molar-refractivity contribution in [3.8, 4) is 5.75 Å². The summed E-state index contributed by atoms with van der Waals surface area (Å²) < 4.78 is 18.1. The molecular weight excluding hydrogens is 257 g/mol. The first-order chi connectivity index (χ1) is 9.29. The smallest absolute Gasteiger partial charge is 0.123 e. The van der Waals surface area contributed by atoms with Crippen LogP contribution in [0.15, 0.2) is 24.3 Å². The highest BCUT2D eigenvalue weighted by molar-refractivity contribution is 5.22. The van der Waals surface area contributed by atoms with Gasteiger partial charge in [0.15, 0.2) is 0 Å². The normalized spacial score (nSPS) is 14.9. The number of halogens is 1. The average Bonchev–Trinajstić information content (AvgIpc) is 2.37. The Balaban J connectivity index is 2.20. The van der Waals surface area contributed by atoms with Crippen LogP contribution in [-0.4, -0.2) is 30.9 Å². The van der Waals surface area contributed by atoms with Crippen LogP contribution in [0.2, 0.25) is 0 Å². The largest absolute Gasteiger partial charge is 0.491 e.